The predicted molar refractivity (Wildman–Crippen MR) is 76.2 cm³/mol. The van der Waals surface area contributed by atoms with Gasteiger partial charge in [0.15, 0.2) is 0 Å². The van der Waals surface area contributed by atoms with E-state index in [0.717, 1.165) is 29.0 Å². The summed E-state index contributed by atoms with van der Waals surface area (Å²) in [5.74, 6) is 1.15. The van der Waals surface area contributed by atoms with E-state index in [9.17, 15) is 0 Å². The van der Waals surface area contributed by atoms with Crippen LogP contribution in [0.15, 0.2) is 6.07 Å². The summed E-state index contributed by atoms with van der Waals surface area (Å²) in [6.45, 7) is 3.05. The monoisotopic (exact) mass is 266 g/mol. The van der Waals surface area contributed by atoms with E-state index in [-0.39, 0.29) is 6.61 Å². The number of hydrogen-bond acceptors (Lipinski definition) is 6. The second kappa shape index (κ2) is 5.49. The van der Waals surface area contributed by atoms with Crippen LogP contribution in [0.1, 0.15) is 18.2 Å². The number of fused-ring (bicyclic) bond motifs is 1. The predicted octanol–water partition coefficient (Wildman–Crippen LogP) is 1.65. The van der Waals surface area contributed by atoms with Crippen LogP contribution < -0.4 is 10.6 Å². The first-order valence-corrected chi connectivity index (χ1v) is 6.85. The maximum atomic E-state index is 8.89. The number of nitrogens with zero attached hydrogens (tertiary/aromatic N) is 3. The summed E-state index contributed by atoms with van der Waals surface area (Å²) in [7, 11) is 1.96. The molecule has 0 radical (unpaired) electrons. The van der Waals surface area contributed by atoms with Gasteiger partial charge in [0.25, 0.3) is 0 Å². The van der Waals surface area contributed by atoms with Crippen molar-refractivity contribution >= 4 is 33.3 Å². The fourth-order valence-electron chi connectivity index (χ4n) is 1.85. The zero-order valence-corrected chi connectivity index (χ0v) is 11.5. The van der Waals surface area contributed by atoms with Crippen molar-refractivity contribution in [2.75, 3.05) is 30.8 Å². The maximum Gasteiger partial charge on any atom is 0.223 e. The van der Waals surface area contributed by atoms with E-state index >= 15 is 0 Å². The Morgan fingerprint density at radius 3 is 2.89 bits per heavy atom. The van der Waals surface area contributed by atoms with E-state index in [1.54, 1.807) is 11.3 Å². The lowest BCUT2D eigenvalue weighted by Gasteiger charge is -2.18. The van der Waals surface area contributed by atoms with Gasteiger partial charge in [0.1, 0.15) is 10.6 Å². The fraction of sp³-hybridized carbons (Fsp3) is 0.500. The van der Waals surface area contributed by atoms with Crippen molar-refractivity contribution in [1.82, 2.24) is 9.97 Å². The summed E-state index contributed by atoms with van der Waals surface area (Å²) in [4.78, 5) is 12.8. The molecular weight excluding hydrogens is 248 g/mol. The molecule has 18 heavy (non-hydrogen) atoms. The van der Waals surface area contributed by atoms with Crippen molar-refractivity contribution in [2.24, 2.45) is 0 Å². The van der Waals surface area contributed by atoms with E-state index in [1.165, 1.54) is 4.88 Å². The molecule has 0 atom stereocenters. The molecule has 0 bridgehead atoms. The van der Waals surface area contributed by atoms with Crippen molar-refractivity contribution in [2.45, 2.75) is 19.8 Å². The van der Waals surface area contributed by atoms with Crippen molar-refractivity contribution in [3.8, 4) is 0 Å². The van der Waals surface area contributed by atoms with Gasteiger partial charge < -0.3 is 15.7 Å². The van der Waals surface area contributed by atoms with Crippen LogP contribution >= 0.6 is 11.3 Å². The Hall–Kier alpha value is -1.40. The molecule has 5 nitrogen and oxygen atoms in total. The number of hydrogen-bond donors (Lipinski definition) is 2. The van der Waals surface area contributed by atoms with Gasteiger partial charge >= 0.3 is 0 Å². The number of aryl methyl sites for hydroxylation is 1. The van der Waals surface area contributed by atoms with Crippen LogP contribution in [0.25, 0.3) is 10.2 Å². The summed E-state index contributed by atoms with van der Waals surface area (Å²) < 4.78 is 0. The Balaban J connectivity index is 2.44. The molecule has 0 aliphatic rings. The molecular formula is C12H18N4OS. The fourth-order valence-corrected chi connectivity index (χ4v) is 2.82. The number of aliphatic hydroxyl groups is 1. The lowest BCUT2D eigenvalue weighted by atomic mass is 10.3. The lowest BCUT2D eigenvalue weighted by Crippen LogP contribution is -2.21. The number of nitrogens with two attached hydrogens (primary N) is 1. The minimum Gasteiger partial charge on any atom is -0.396 e. The van der Waals surface area contributed by atoms with Gasteiger partial charge in [-0.05, 0) is 18.9 Å². The zero-order chi connectivity index (χ0) is 13.1. The number of aromatic nitrogens is 2. The Bertz CT molecular complexity index is 540. The van der Waals surface area contributed by atoms with Gasteiger partial charge in [0.2, 0.25) is 5.95 Å². The van der Waals surface area contributed by atoms with Crippen molar-refractivity contribution in [3.63, 3.8) is 0 Å². The molecule has 0 saturated carbocycles. The molecule has 2 aromatic heterocycles. The molecule has 0 saturated heterocycles. The summed E-state index contributed by atoms with van der Waals surface area (Å²) in [5.41, 5.74) is 5.75. The molecule has 6 heteroatoms. The molecule has 0 amide bonds. The molecule has 2 aromatic rings. The highest BCUT2D eigenvalue weighted by Gasteiger charge is 2.13. The molecule has 98 valence electrons. The minimum atomic E-state index is 0.178. The Kier molecular flexibility index (Phi) is 3.98. The van der Waals surface area contributed by atoms with Crippen LogP contribution in [-0.2, 0) is 6.42 Å². The number of anilines is 2. The minimum absolute atomic E-state index is 0.178. The van der Waals surface area contributed by atoms with Crippen molar-refractivity contribution < 1.29 is 5.11 Å². The highest BCUT2D eigenvalue weighted by Crippen LogP contribution is 2.31. The first kappa shape index (κ1) is 13.0. The molecule has 0 fully saturated rings. The third kappa shape index (κ3) is 2.54. The van der Waals surface area contributed by atoms with Crippen LogP contribution in [0.3, 0.4) is 0 Å². The molecule has 0 spiro atoms. The molecule has 0 aliphatic carbocycles. The molecule has 0 aromatic carbocycles. The maximum absolute atomic E-state index is 8.89. The van der Waals surface area contributed by atoms with Crippen LogP contribution in [0.2, 0.25) is 0 Å². The first-order valence-electron chi connectivity index (χ1n) is 6.03. The Labute approximate surface area is 110 Å². The second-order valence-electron chi connectivity index (χ2n) is 4.19. The van der Waals surface area contributed by atoms with Gasteiger partial charge in [-0.15, -0.1) is 11.3 Å². The van der Waals surface area contributed by atoms with Gasteiger partial charge in [-0.2, -0.15) is 4.98 Å². The molecule has 0 unspecified atom stereocenters. The summed E-state index contributed by atoms with van der Waals surface area (Å²) in [6.07, 6.45) is 1.70. The normalized spacial score (nSPS) is 11.1. The van der Waals surface area contributed by atoms with Gasteiger partial charge in [0, 0.05) is 25.1 Å². The average molecular weight is 266 g/mol. The van der Waals surface area contributed by atoms with E-state index < -0.39 is 0 Å². The van der Waals surface area contributed by atoms with Crippen LogP contribution in [0, 0.1) is 0 Å². The second-order valence-corrected chi connectivity index (χ2v) is 5.30. The van der Waals surface area contributed by atoms with Crippen LogP contribution in [0.5, 0.6) is 0 Å². The number of aliphatic hydroxyl groups excluding tert-OH is 1. The largest absolute Gasteiger partial charge is 0.396 e. The third-order valence-electron chi connectivity index (χ3n) is 2.80. The molecule has 2 heterocycles. The lowest BCUT2D eigenvalue weighted by molar-refractivity contribution is 0.290. The van der Waals surface area contributed by atoms with E-state index in [0.29, 0.717) is 12.4 Å². The van der Waals surface area contributed by atoms with E-state index in [4.69, 9.17) is 10.8 Å². The van der Waals surface area contributed by atoms with Crippen molar-refractivity contribution in [1.29, 1.82) is 0 Å². The summed E-state index contributed by atoms with van der Waals surface area (Å²) >= 11 is 1.66. The Morgan fingerprint density at radius 2 is 2.22 bits per heavy atom. The molecule has 3 N–H and O–H groups in total. The standard InChI is InChI=1S/C12H18N4OS/c1-3-8-7-9-10(16(2)5-4-6-17)14-12(13)15-11(9)18-8/h7,17H,3-6H2,1-2H3,(H2,13,14,15). The number of nitrogen functional groups attached to an aromatic ring is 1. The highest BCUT2D eigenvalue weighted by atomic mass is 32.1. The van der Waals surface area contributed by atoms with Gasteiger partial charge in [0.05, 0.1) is 5.39 Å². The van der Waals surface area contributed by atoms with E-state index in [1.807, 2.05) is 11.9 Å². The number of thiophene rings is 1. The SMILES string of the molecule is CCc1cc2c(N(C)CCCO)nc(N)nc2s1. The molecule has 2 rings (SSSR count). The van der Waals surface area contributed by atoms with Crippen LogP contribution in [-0.4, -0.2) is 35.3 Å². The van der Waals surface area contributed by atoms with Crippen LogP contribution in [0.4, 0.5) is 11.8 Å². The average Bonchev–Trinajstić information content (AvgIpc) is 2.77. The van der Waals surface area contributed by atoms with Crippen molar-refractivity contribution in [3.05, 3.63) is 10.9 Å². The highest BCUT2D eigenvalue weighted by molar-refractivity contribution is 7.18. The smallest absolute Gasteiger partial charge is 0.223 e. The Morgan fingerprint density at radius 1 is 1.44 bits per heavy atom. The summed E-state index contributed by atoms with van der Waals surface area (Å²) in [6, 6.07) is 2.13. The quantitative estimate of drug-likeness (QED) is 0.860. The van der Waals surface area contributed by atoms with E-state index in [2.05, 4.69) is 23.0 Å². The van der Waals surface area contributed by atoms with Gasteiger partial charge in [-0.1, -0.05) is 6.92 Å². The first-order chi connectivity index (χ1) is 8.65. The number of rotatable bonds is 5. The third-order valence-corrected chi connectivity index (χ3v) is 3.98. The molecule has 0 aliphatic heterocycles. The summed E-state index contributed by atoms with van der Waals surface area (Å²) in [5, 5.41) is 9.94. The zero-order valence-electron chi connectivity index (χ0n) is 10.7. The van der Waals surface area contributed by atoms with Gasteiger partial charge in [-0.25, -0.2) is 4.98 Å². The van der Waals surface area contributed by atoms with Gasteiger partial charge in [-0.3, -0.25) is 0 Å². The topological polar surface area (TPSA) is 75.3 Å².